The maximum absolute atomic E-state index is 13.5. The number of aliphatic carboxylic acids is 1. The van der Waals surface area contributed by atoms with Crippen molar-refractivity contribution >= 4 is 27.9 Å². The summed E-state index contributed by atoms with van der Waals surface area (Å²) in [6, 6.07) is 19.9. The van der Waals surface area contributed by atoms with Crippen molar-refractivity contribution in [1.82, 2.24) is 0 Å². The van der Waals surface area contributed by atoms with Crippen LogP contribution in [-0.4, -0.2) is 18.2 Å². The molecule has 0 spiro atoms. The van der Waals surface area contributed by atoms with Gasteiger partial charge in [0.1, 0.15) is 28.4 Å². The zero-order valence-electron chi connectivity index (χ0n) is 18.0. The molecule has 5 aromatic rings. The van der Waals surface area contributed by atoms with E-state index in [2.05, 4.69) is 0 Å². The van der Waals surface area contributed by atoms with Crippen molar-refractivity contribution in [3.05, 3.63) is 88.3 Å². The molecule has 2 aromatic heterocycles. The zero-order chi connectivity index (χ0) is 23.1. The minimum Gasteiger partial charge on any atom is -0.497 e. The molecule has 0 aliphatic carbocycles. The Bertz CT molecular complexity index is 1560. The van der Waals surface area contributed by atoms with E-state index in [-0.39, 0.29) is 11.8 Å². The highest BCUT2D eigenvalue weighted by molar-refractivity contribution is 6.08. The van der Waals surface area contributed by atoms with Gasteiger partial charge < -0.3 is 18.7 Å². The Morgan fingerprint density at radius 3 is 2.33 bits per heavy atom. The van der Waals surface area contributed by atoms with Crippen molar-refractivity contribution in [2.75, 3.05) is 7.11 Å². The van der Waals surface area contributed by atoms with Gasteiger partial charge in [0.05, 0.1) is 29.9 Å². The van der Waals surface area contributed by atoms with Crippen molar-refractivity contribution in [1.29, 1.82) is 0 Å². The van der Waals surface area contributed by atoms with Crippen LogP contribution in [0.4, 0.5) is 0 Å². The third kappa shape index (κ3) is 3.46. The fourth-order valence-corrected chi connectivity index (χ4v) is 4.24. The quantitative estimate of drug-likeness (QED) is 0.371. The van der Waals surface area contributed by atoms with E-state index in [4.69, 9.17) is 13.6 Å². The summed E-state index contributed by atoms with van der Waals surface area (Å²) < 4.78 is 17.5. The summed E-state index contributed by atoms with van der Waals surface area (Å²) in [5.74, 6) is 0.550. The van der Waals surface area contributed by atoms with E-state index in [1.54, 1.807) is 50.4 Å². The van der Waals surface area contributed by atoms with Gasteiger partial charge in [-0.05, 0) is 48.9 Å². The molecule has 1 N–H and O–H groups in total. The number of hydrogen-bond donors (Lipinski definition) is 1. The van der Waals surface area contributed by atoms with Gasteiger partial charge in [-0.25, -0.2) is 0 Å². The van der Waals surface area contributed by atoms with Gasteiger partial charge in [0.15, 0.2) is 0 Å². The number of ether oxygens (including phenoxy) is 1. The number of benzene rings is 3. The third-order valence-corrected chi connectivity index (χ3v) is 5.73. The maximum Gasteiger partial charge on any atom is 0.307 e. The summed E-state index contributed by atoms with van der Waals surface area (Å²) in [5, 5.41) is 10.5. The molecule has 0 unspecified atom stereocenters. The lowest BCUT2D eigenvalue weighted by Gasteiger charge is -2.08. The predicted molar refractivity (Wildman–Crippen MR) is 126 cm³/mol. The molecular weight excluding hydrogens is 420 g/mol. The van der Waals surface area contributed by atoms with E-state index in [0.29, 0.717) is 55.9 Å². The van der Waals surface area contributed by atoms with Crippen molar-refractivity contribution < 1.29 is 23.5 Å². The summed E-state index contributed by atoms with van der Waals surface area (Å²) in [6.45, 7) is 1.74. The SMILES string of the molecule is COc1ccc(-c2oc3ccc4c(=O)c(-c5ccccc5)c(C)oc4c3c2CC(=O)O)cc1. The number of furan rings is 1. The molecule has 164 valence electrons. The summed E-state index contributed by atoms with van der Waals surface area (Å²) >= 11 is 0. The van der Waals surface area contributed by atoms with Crippen LogP contribution >= 0.6 is 0 Å². The second-order valence-corrected chi connectivity index (χ2v) is 7.75. The summed E-state index contributed by atoms with van der Waals surface area (Å²) in [7, 11) is 1.58. The molecule has 0 radical (unpaired) electrons. The molecule has 0 aliphatic heterocycles. The molecule has 5 rings (SSSR count). The minimum absolute atomic E-state index is 0.171. The molecule has 6 nitrogen and oxygen atoms in total. The summed E-state index contributed by atoms with van der Waals surface area (Å²) in [4.78, 5) is 25.2. The van der Waals surface area contributed by atoms with Gasteiger partial charge in [-0.2, -0.15) is 0 Å². The van der Waals surface area contributed by atoms with Gasteiger partial charge >= 0.3 is 5.97 Å². The first-order chi connectivity index (χ1) is 16.0. The van der Waals surface area contributed by atoms with Gasteiger partial charge in [0.2, 0.25) is 5.43 Å². The average Bonchev–Trinajstić information content (AvgIpc) is 3.18. The van der Waals surface area contributed by atoms with Crippen LogP contribution in [-0.2, 0) is 11.2 Å². The number of aryl methyl sites for hydroxylation is 1. The van der Waals surface area contributed by atoms with E-state index in [9.17, 15) is 14.7 Å². The lowest BCUT2D eigenvalue weighted by molar-refractivity contribution is -0.136. The van der Waals surface area contributed by atoms with E-state index >= 15 is 0 Å². The van der Waals surface area contributed by atoms with Crippen LogP contribution in [0.15, 0.2) is 80.4 Å². The number of carboxylic acids is 1. The van der Waals surface area contributed by atoms with Crippen LogP contribution in [0.5, 0.6) is 5.75 Å². The summed E-state index contributed by atoms with van der Waals surface area (Å²) in [6.07, 6.45) is -0.281. The van der Waals surface area contributed by atoms with E-state index < -0.39 is 5.97 Å². The average molecular weight is 440 g/mol. The normalized spacial score (nSPS) is 11.2. The fourth-order valence-electron chi connectivity index (χ4n) is 4.24. The highest BCUT2D eigenvalue weighted by Gasteiger charge is 2.24. The van der Waals surface area contributed by atoms with E-state index in [1.807, 2.05) is 30.3 Å². The predicted octanol–water partition coefficient (Wildman–Crippen LogP) is 5.82. The first kappa shape index (κ1) is 20.6. The topological polar surface area (TPSA) is 89.9 Å². The number of rotatable bonds is 5. The van der Waals surface area contributed by atoms with Gasteiger partial charge in [-0.3, -0.25) is 9.59 Å². The molecule has 0 saturated carbocycles. The number of fused-ring (bicyclic) bond motifs is 3. The first-order valence-corrected chi connectivity index (χ1v) is 10.4. The van der Waals surface area contributed by atoms with Crippen molar-refractivity contribution in [3.63, 3.8) is 0 Å². The van der Waals surface area contributed by atoms with Gasteiger partial charge in [0.25, 0.3) is 0 Å². The molecule has 0 atom stereocenters. The smallest absolute Gasteiger partial charge is 0.307 e. The maximum atomic E-state index is 13.5. The molecule has 0 fully saturated rings. The Balaban J connectivity index is 1.82. The van der Waals surface area contributed by atoms with Gasteiger partial charge in [0, 0.05) is 11.1 Å². The van der Waals surface area contributed by atoms with Crippen molar-refractivity contribution in [2.24, 2.45) is 0 Å². The van der Waals surface area contributed by atoms with Crippen LogP contribution in [0.3, 0.4) is 0 Å². The lowest BCUT2D eigenvalue weighted by Crippen LogP contribution is -2.08. The fraction of sp³-hybridized carbons (Fsp3) is 0.111. The van der Waals surface area contributed by atoms with Gasteiger partial charge in [-0.15, -0.1) is 0 Å². The number of hydrogen-bond acceptors (Lipinski definition) is 5. The van der Waals surface area contributed by atoms with E-state index in [1.165, 1.54) is 0 Å². The van der Waals surface area contributed by atoms with Crippen molar-refractivity contribution in [3.8, 4) is 28.2 Å². The first-order valence-electron chi connectivity index (χ1n) is 10.4. The van der Waals surface area contributed by atoms with Crippen LogP contribution in [0.1, 0.15) is 11.3 Å². The van der Waals surface area contributed by atoms with Crippen molar-refractivity contribution in [2.45, 2.75) is 13.3 Å². The second-order valence-electron chi connectivity index (χ2n) is 7.75. The standard InChI is InChI=1S/C27H20O6/c1-15-23(16-6-4-3-5-7-16)25(30)19-12-13-21-24(27(19)32-15)20(14-22(28)29)26(33-21)17-8-10-18(31-2)11-9-17/h3-13H,14H2,1-2H3,(H,28,29). The molecule has 6 heteroatoms. The van der Waals surface area contributed by atoms with E-state index in [0.717, 1.165) is 5.56 Å². The molecule has 3 aromatic carbocycles. The molecule has 0 saturated heterocycles. The highest BCUT2D eigenvalue weighted by atomic mass is 16.5. The zero-order valence-corrected chi connectivity index (χ0v) is 18.0. The number of carboxylic acid groups (broad SMARTS) is 1. The molecule has 2 heterocycles. The highest BCUT2D eigenvalue weighted by Crippen LogP contribution is 2.39. The third-order valence-electron chi connectivity index (χ3n) is 5.73. The number of methoxy groups -OCH3 is 1. The molecular formula is C27H20O6. The van der Waals surface area contributed by atoms with Gasteiger partial charge in [-0.1, -0.05) is 30.3 Å². The summed E-state index contributed by atoms with van der Waals surface area (Å²) in [5.41, 5.74) is 3.03. The monoisotopic (exact) mass is 440 g/mol. The Hall–Kier alpha value is -4.32. The molecule has 0 amide bonds. The molecule has 33 heavy (non-hydrogen) atoms. The van der Waals surface area contributed by atoms with Crippen LogP contribution in [0.2, 0.25) is 0 Å². The van der Waals surface area contributed by atoms with Crippen LogP contribution < -0.4 is 10.2 Å². The Morgan fingerprint density at radius 1 is 0.939 bits per heavy atom. The van der Waals surface area contributed by atoms with Crippen LogP contribution in [0.25, 0.3) is 44.4 Å². The Kier molecular flexibility index (Phi) is 4.98. The Labute approximate surface area is 188 Å². The minimum atomic E-state index is -1.01. The largest absolute Gasteiger partial charge is 0.497 e. The number of carbonyl (C=O) groups is 1. The lowest BCUT2D eigenvalue weighted by atomic mass is 9.99. The molecule has 0 bridgehead atoms. The van der Waals surface area contributed by atoms with Crippen LogP contribution in [0, 0.1) is 6.92 Å². The molecule has 0 aliphatic rings. The second kappa shape index (κ2) is 7.98. The Morgan fingerprint density at radius 2 is 1.67 bits per heavy atom.